The summed E-state index contributed by atoms with van der Waals surface area (Å²) in [5.74, 6) is -0.446. The number of alkyl halides is 1. The molecule has 19 heavy (non-hydrogen) atoms. The van der Waals surface area contributed by atoms with Crippen LogP contribution in [-0.4, -0.2) is 0 Å². The van der Waals surface area contributed by atoms with Crippen molar-refractivity contribution in [1.82, 2.24) is 0 Å². The van der Waals surface area contributed by atoms with Crippen molar-refractivity contribution >= 4 is 55.1 Å². The predicted octanol–water partition coefficient (Wildman–Crippen LogP) is 6.64. The SMILES string of the molecule is Cc1cc(Br)c(C(Cl)c2ccc(F)c(Cl)c2)cc1Br. The van der Waals surface area contributed by atoms with Crippen molar-refractivity contribution in [2.45, 2.75) is 12.3 Å². The van der Waals surface area contributed by atoms with E-state index in [9.17, 15) is 4.39 Å². The molecule has 2 aromatic rings. The molecule has 0 saturated heterocycles. The molecule has 0 aliphatic rings. The van der Waals surface area contributed by atoms with Gasteiger partial charge in [-0.05, 0) is 47.9 Å². The molecule has 0 fully saturated rings. The lowest BCUT2D eigenvalue weighted by atomic mass is 10.0. The van der Waals surface area contributed by atoms with Crippen LogP contribution in [0, 0.1) is 12.7 Å². The summed E-state index contributed by atoms with van der Waals surface area (Å²) in [4.78, 5) is 0. The van der Waals surface area contributed by atoms with E-state index in [1.807, 2.05) is 19.1 Å². The van der Waals surface area contributed by atoms with Gasteiger partial charge in [-0.15, -0.1) is 11.6 Å². The summed E-state index contributed by atoms with van der Waals surface area (Å²) in [5, 5.41) is -0.324. The van der Waals surface area contributed by atoms with Crippen LogP contribution in [0.25, 0.3) is 0 Å². The molecule has 100 valence electrons. The molecule has 0 saturated carbocycles. The molecule has 2 aromatic carbocycles. The van der Waals surface area contributed by atoms with Gasteiger partial charge in [-0.3, -0.25) is 0 Å². The summed E-state index contributed by atoms with van der Waals surface area (Å²) in [7, 11) is 0. The van der Waals surface area contributed by atoms with Gasteiger partial charge in [0.15, 0.2) is 0 Å². The van der Waals surface area contributed by atoms with Gasteiger partial charge in [0.1, 0.15) is 5.82 Å². The molecule has 5 heteroatoms. The molecule has 0 aliphatic heterocycles. The third kappa shape index (κ3) is 3.33. The molecule has 1 atom stereocenters. The van der Waals surface area contributed by atoms with Gasteiger partial charge in [-0.2, -0.15) is 0 Å². The maximum absolute atomic E-state index is 13.2. The lowest BCUT2D eigenvalue weighted by Crippen LogP contribution is -1.96. The summed E-state index contributed by atoms with van der Waals surface area (Å²) in [5.41, 5.74) is 2.77. The van der Waals surface area contributed by atoms with Gasteiger partial charge in [0.25, 0.3) is 0 Å². The number of benzene rings is 2. The van der Waals surface area contributed by atoms with E-state index in [-0.39, 0.29) is 5.02 Å². The molecule has 0 heterocycles. The summed E-state index contributed by atoms with van der Waals surface area (Å²) in [6.45, 7) is 2.00. The van der Waals surface area contributed by atoms with E-state index in [0.29, 0.717) is 0 Å². The highest BCUT2D eigenvalue weighted by Crippen LogP contribution is 2.37. The van der Waals surface area contributed by atoms with Gasteiger partial charge < -0.3 is 0 Å². The zero-order valence-electron chi connectivity index (χ0n) is 9.85. The molecular formula is C14H9Br2Cl2F. The number of hydrogen-bond donors (Lipinski definition) is 0. The van der Waals surface area contributed by atoms with Crippen LogP contribution in [0.1, 0.15) is 22.1 Å². The second-order valence-electron chi connectivity index (χ2n) is 4.16. The third-order valence-electron chi connectivity index (χ3n) is 2.79. The van der Waals surface area contributed by atoms with Gasteiger partial charge in [0, 0.05) is 8.95 Å². The first-order valence-electron chi connectivity index (χ1n) is 5.44. The summed E-state index contributed by atoms with van der Waals surface area (Å²) < 4.78 is 15.1. The van der Waals surface area contributed by atoms with E-state index in [2.05, 4.69) is 31.9 Å². The zero-order valence-corrected chi connectivity index (χ0v) is 14.5. The van der Waals surface area contributed by atoms with Gasteiger partial charge in [-0.1, -0.05) is 49.5 Å². The van der Waals surface area contributed by atoms with Crippen molar-refractivity contribution in [2.24, 2.45) is 0 Å². The fraction of sp³-hybridized carbons (Fsp3) is 0.143. The molecular weight excluding hydrogens is 418 g/mol. The van der Waals surface area contributed by atoms with Crippen molar-refractivity contribution in [3.63, 3.8) is 0 Å². The molecule has 1 unspecified atom stereocenters. The van der Waals surface area contributed by atoms with E-state index >= 15 is 0 Å². The second kappa shape index (κ2) is 6.13. The van der Waals surface area contributed by atoms with Crippen molar-refractivity contribution < 1.29 is 4.39 Å². The third-order valence-corrected chi connectivity index (χ3v) is 5.11. The van der Waals surface area contributed by atoms with Crippen LogP contribution in [0.5, 0.6) is 0 Å². The average Bonchev–Trinajstić information content (AvgIpc) is 2.36. The van der Waals surface area contributed by atoms with Gasteiger partial charge in [0.05, 0.1) is 10.4 Å². The van der Waals surface area contributed by atoms with Crippen LogP contribution in [0.2, 0.25) is 5.02 Å². The number of halogens is 5. The Bertz CT molecular complexity index is 629. The summed E-state index contributed by atoms with van der Waals surface area (Å²) in [6, 6.07) is 8.45. The Hall–Kier alpha value is -0.0900. The van der Waals surface area contributed by atoms with Crippen LogP contribution in [-0.2, 0) is 0 Å². The standard InChI is InChI=1S/C14H9Br2Cl2F/c1-7-4-11(16)9(6-10(7)15)14(18)8-2-3-13(19)12(17)5-8/h2-6,14H,1H3. The minimum absolute atomic E-state index is 0.0745. The number of aryl methyl sites for hydroxylation is 1. The Labute approximate surface area is 138 Å². The van der Waals surface area contributed by atoms with E-state index in [4.69, 9.17) is 23.2 Å². The normalized spacial score (nSPS) is 12.5. The van der Waals surface area contributed by atoms with Crippen LogP contribution in [0.4, 0.5) is 4.39 Å². The Morgan fingerprint density at radius 1 is 1.11 bits per heavy atom. The predicted molar refractivity (Wildman–Crippen MR) is 85.7 cm³/mol. The topological polar surface area (TPSA) is 0 Å². The molecule has 0 aromatic heterocycles. The van der Waals surface area contributed by atoms with Crippen molar-refractivity contribution in [3.8, 4) is 0 Å². The fourth-order valence-electron chi connectivity index (χ4n) is 1.71. The first-order valence-corrected chi connectivity index (χ1v) is 7.84. The molecule has 0 N–H and O–H groups in total. The molecule has 0 amide bonds. The lowest BCUT2D eigenvalue weighted by Gasteiger charge is -2.14. The molecule has 0 nitrogen and oxygen atoms in total. The highest BCUT2D eigenvalue weighted by molar-refractivity contribution is 9.11. The largest absolute Gasteiger partial charge is 0.205 e. The Morgan fingerprint density at radius 2 is 1.79 bits per heavy atom. The van der Waals surface area contributed by atoms with Crippen molar-refractivity contribution in [3.05, 3.63) is 66.8 Å². The quantitative estimate of drug-likeness (QED) is 0.472. The van der Waals surface area contributed by atoms with Crippen molar-refractivity contribution in [1.29, 1.82) is 0 Å². The maximum Gasteiger partial charge on any atom is 0.141 e. The second-order valence-corrected chi connectivity index (χ2v) is 6.71. The Balaban J connectivity index is 2.46. The minimum atomic E-state index is -0.446. The molecule has 2 rings (SSSR count). The molecule has 0 radical (unpaired) electrons. The van der Waals surface area contributed by atoms with E-state index < -0.39 is 11.2 Å². The first kappa shape index (κ1) is 15.3. The smallest absolute Gasteiger partial charge is 0.141 e. The van der Waals surface area contributed by atoms with Crippen LogP contribution in [0.3, 0.4) is 0 Å². The molecule has 0 bridgehead atoms. The molecule has 0 spiro atoms. The van der Waals surface area contributed by atoms with Gasteiger partial charge >= 0.3 is 0 Å². The minimum Gasteiger partial charge on any atom is -0.205 e. The number of hydrogen-bond acceptors (Lipinski definition) is 0. The van der Waals surface area contributed by atoms with Crippen LogP contribution in [0.15, 0.2) is 39.3 Å². The highest BCUT2D eigenvalue weighted by atomic mass is 79.9. The Morgan fingerprint density at radius 3 is 2.42 bits per heavy atom. The van der Waals surface area contributed by atoms with Gasteiger partial charge in [-0.25, -0.2) is 4.39 Å². The Kier molecular flexibility index (Phi) is 4.93. The lowest BCUT2D eigenvalue weighted by molar-refractivity contribution is 0.627. The summed E-state index contributed by atoms with van der Waals surface area (Å²) in [6.07, 6.45) is 0. The van der Waals surface area contributed by atoms with Gasteiger partial charge in [0.2, 0.25) is 0 Å². The van der Waals surface area contributed by atoms with Crippen molar-refractivity contribution in [2.75, 3.05) is 0 Å². The highest BCUT2D eigenvalue weighted by Gasteiger charge is 2.16. The fourth-order valence-corrected chi connectivity index (χ4v) is 3.39. The monoisotopic (exact) mass is 424 g/mol. The number of rotatable bonds is 2. The maximum atomic E-state index is 13.2. The average molecular weight is 427 g/mol. The van der Waals surface area contributed by atoms with E-state index in [1.54, 1.807) is 12.1 Å². The first-order chi connectivity index (χ1) is 8.90. The zero-order chi connectivity index (χ0) is 14.2. The molecule has 0 aliphatic carbocycles. The van der Waals surface area contributed by atoms with Crippen LogP contribution >= 0.6 is 55.1 Å². The van der Waals surface area contributed by atoms with E-state index in [1.165, 1.54) is 6.07 Å². The van der Waals surface area contributed by atoms with E-state index in [0.717, 1.165) is 25.6 Å². The van der Waals surface area contributed by atoms with Crippen LogP contribution < -0.4 is 0 Å². The summed E-state index contributed by atoms with van der Waals surface area (Å²) >= 11 is 19.2.